The van der Waals surface area contributed by atoms with Crippen LogP contribution >= 0.6 is 0 Å². The van der Waals surface area contributed by atoms with Crippen LogP contribution in [-0.2, 0) is 16.0 Å². The van der Waals surface area contributed by atoms with Crippen molar-refractivity contribution < 1.29 is 9.53 Å². The Kier molecular flexibility index (Phi) is 5.92. The number of piperidine rings is 1. The van der Waals surface area contributed by atoms with E-state index >= 15 is 0 Å². The summed E-state index contributed by atoms with van der Waals surface area (Å²) in [6.45, 7) is 3.84. The second kappa shape index (κ2) is 8.34. The first-order valence-electron chi connectivity index (χ1n) is 9.03. The fourth-order valence-corrected chi connectivity index (χ4v) is 3.40. The predicted molar refractivity (Wildman–Crippen MR) is 92.8 cm³/mol. The monoisotopic (exact) mass is 316 g/mol. The molecule has 0 aromatic heterocycles. The molecule has 1 N–H and O–H groups in total. The molecule has 4 heteroatoms. The minimum atomic E-state index is 0.126. The molecule has 3 rings (SSSR count). The number of ether oxygens (including phenoxy) is 1. The van der Waals surface area contributed by atoms with E-state index in [-0.39, 0.29) is 12.0 Å². The van der Waals surface area contributed by atoms with Gasteiger partial charge in [-0.3, -0.25) is 4.79 Å². The van der Waals surface area contributed by atoms with Crippen molar-refractivity contribution in [1.82, 2.24) is 5.32 Å². The van der Waals surface area contributed by atoms with Gasteiger partial charge in [0.2, 0.25) is 5.91 Å². The number of nitrogens with zero attached hydrogens (tertiary/aromatic N) is 1. The summed E-state index contributed by atoms with van der Waals surface area (Å²) in [6, 6.07) is 8.73. The van der Waals surface area contributed by atoms with Gasteiger partial charge in [0.25, 0.3) is 0 Å². The molecule has 0 bridgehead atoms. The van der Waals surface area contributed by atoms with Crippen molar-refractivity contribution in [2.24, 2.45) is 0 Å². The number of anilines is 1. The minimum Gasteiger partial charge on any atom is -0.376 e. The van der Waals surface area contributed by atoms with E-state index < -0.39 is 0 Å². The average molecular weight is 316 g/mol. The van der Waals surface area contributed by atoms with Crippen LogP contribution in [0.4, 0.5) is 5.69 Å². The van der Waals surface area contributed by atoms with E-state index in [9.17, 15) is 4.79 Å². The van der Waals surface area contributed by atoms with Crippen molar-refractivity contribution in [3.63, 3.8) is 0 Å². The molecule has 4 nitrogen and oxygen atoms in total. The van der Waals surface area contributed by atoms with Crippen LogP contribution < -0.4 is 10.2 Å². The fourth-order valence-electron chi connectivity index (χ4n) is 3.40. The summed E-state index contributed by atoms with van der Waals surface area (Å²) in [7, 11) is 0. The summed E-state index contributed by atoms with van der Waals surface area (Å²) in [4.78, 5) is 14.4. The number of carbonyl (C=O) groups excluding carboxylic acids is 1. The molecular weight excluding hydrogens is 288 g/mol. The highest BCUT2D eigenvalue weighted by molar-refractivity contribution is 5.76. The zero-order valence-corrected chi connectivity index (χ0v) is 13.9. The Hall–Kier alpha value is -1.55. The predicted octanol–water partition coefficient (Wildman–Crippen LogP) is 2.90. The van der Waals surface area contributed by atoms with E-state index in [1.54, 1.807) is 0 Å². The van der Waals surface area contributed by atoms with E-state index in [0.717, 1.165) is 25.9 Å². The SMILES string of the molecule is O=C(CCc1ccc(N2CCCCC2)cc1)NCC1CCCO1. The van der Waals surface area contributed by atoms with E-state index in [1.165, 1.54) is 43.6 Å². The summed E-state index contributed by atoms with van der Waals surface area (Å²) < 4.78 is 5.52. The quantitative estimate of drug-likeness (QED) is 0.877. The van der Waals surface area contributed by atoms with E-state index in [0.29, 0.717) is 13.0 Å². The third kappa shape index (κ3) is 4.96. The Bertz CT molecular complexity index is 489. The first kappa shape index (κ1) is 16.3. The van der Waals surface area contributed by atoms with Crippen LogP contribution in [0.1, 0.15) is 44.1 Å². The van der Waals surface area contributed by atoms with Gasteiger partial charge in [-0.25, -0.2) is 0 Å². The maximum Gasteiger partial charge on any atom is 0.220 e. The molecule has 2 aliphatic rings. The first-order valence-corrected chi connectivity index (χ1v) is 9.03. The lowest BCUT2D eigenvalue weighted by Crippen LogP contribution is -2.31. The van der Waals surface area contributed by atoms with Gasteiger partial charge < -0.3 is 15.0 Å². The Morgan fingerprint density at radius 2 is 1.91 bits per heavy atom. The summed E-state index contributed by atoms with van der Waals surface area (Å²) >= 11 is 0. The largest absolute Gasteiger partial charge is 0.376 e. The van der Waals surface area contributed by atoms with Crippen molar-refractivity contribution in [3.05, 3.63) is 29.8 Å². The molecule has 2 fully saturated rings. The van der Waals surface area contributed by atoms with Crippen LogP contribution in [0.5, 0.6) is 0 Å². The van der Waals surface area contributed by atoms with Crippen molar-refractivity contribution in [3.8, 4) is 0 Å². The second-order valence-corrected chi connectivity index (χ2v) is 6.65. The summed E-state index contributed by atoms with van der Waals surface area (Å²) in [5, 5.41) is 2.99. The lowest BCUT2D eigenvalue weighted by Gasteiger charge is -2.28. The Labute approximate surface area is 139 Å². The number of aryl methyl sites for hydroxylation is 1. The molecule has 0 spiro atoms. The molecule has 2 saturated heterocycles. The summed E-state index contributed by atoms with van der Waals surface area (Å²) in [5.41, 5.74) is 2.55. The van der Waals surface area contributed by atoms with Gasteiger partial charge >= 0.3 is 0 Å². The van der Waals surface area contributed by atoms with Gasteiger partial charge in [0.1, 0.15) is 0 Å². The van der Waals surface area contributed by atoms with Crippen molar-refractivity contribution in [2.45, 2.75) is 51.0 Å². The number of carbonyl (C=O) groups is 1. The Morgan fingerprint density at radius 1 is 1.13 bits per heavy atom. The van der Waals surface area contributed by atoms with E-state index in [4.69, 9.17) is 4.74 Å². The second-order valence-electron chi connectivity index (χ2n) is 6.65. The zero-order valence-electron chi connectivity index (χ0n) is 13.9. The van der Waals surface area contributed by atoms with Gasteiger partial charge in [-0.2, -0.15) is 0 Å². The third-order valence-electron chi connectivity index (χ3n) is 4.85. The number of hydrogen-bond acceptors (Lipinski definition) is 3. The number of amides is 1. The molecular formula is C19H28N2O2. The highest BCUT2D eigenvalue weighted by atomic mass is 16.5. The van der Waals surface area contributed by atoms with Crippen LogP contribution in [0.15, 0.2) is 24.3 Å². The number of nitrogens with one attached hydrogen (secondary N) is 1. The average Bonchev–Trinajstić information content (AvgIpc) is 3.13. The molecule has 1 unspecified atom stereocenters. The zero-order chi connectivity index (χ0) is 15.9. The highest BCUT2D eigenvalue weighted by Gasteiger charge is 2.16. The molecule has 126 valence electrons. The van der Waals surface area contributed by atoms with Gasteiger partial charge in [0.15, 0.2) is 0 Å². The third-order valence-corrected chi connectivity index (χ3v) is 4.85. The van der Waals surface area contributed by atoms with Crippen LogP contribution in [-0.4, -0.2) is 38.3 Å². The topological polar surface area (TPSA) is 41.6 Å². The van der Waals surface area contributed by atoms with Gasteiger partial charge in [0, 0.05) is 38.3 Å². The van der Waals surface area contributed by atoms with Gasteiger partial charge in [0.05, 0.1) is 6.10 Å². The molecule has 1 atom stereocenters. The maximum atomic E-state index is 11.9. The Balaban J connectivity index is 1.40. The number of hydrogen-bond donors (Lipinski definition) is 1. The molecule has 2 aliphatic heterocycles. The van der Waals surface area contributed by atoms with Crippen molar-refractivity contribution in [1.29, 1.82) is 0 Å². The molecule has 23 heavy (non-hydrogen) atoms. The highest BCUT2D eigenvalue weighted by Crippen LogP contribution is 2.20. The van der Waals surface area contributed by atoms with Crippen LogP contribution in [0, 0.1) is 0 Å². The number of rotatable bonds is 6. The normalized spacial score (nSPS) is 21.4. The van der Waals surface area contributed by atoms with Crippen LogP contribution in [0.25, 0.3) is 0 Å². The van der Waals surface area contributed by atoms with Crippen molar-refractivity contribution in [2.75, 3.05) is 31.1 Å². The molecule has 1 amide bonds. The lowest BCUT2D eigenvalue weighted by molar-refractivity contribution is -0.121. The van der Waals surface area contributed by atoms with E-state index in [2.05, 4.69) is 34.5 Å². The number of benzene rings is 1. The standard InChI is InChI=1S/C19H28N2O2/c22-19(20-15-18-5-4-14-23-18)11-8-16-6-9-17(10-7-16)21-12-2-1-3-13-21/h6-7,9-10,18H,1-5,8,11-15H2,(H,20,22). The van der Waals surface area contributed by atoms with E-state index in [1.807, 2.05) is 0 Å². The summed E-state index contributed by atoms with van der Waals surface area (Å²) in [6.07, 6.45) is 7.72. The maximum absolute atomic E-state index is 11.9. The van der Waals surface area contributed by atoms with Crippen molar-refractivity contribution >= 4 is 11.6 Å². The first-order chi connectivity index (χ1) is 11.3. The smallest absolute Gasteiger partial charge is 0.220 e. The summed E-state index contributed by atoms with van der Waals surface area (Å²) in [5.74, 6) is 0.126. The fraction of sp³-hybridized carbons (Fsp3) is 0.632. The van der Waals surface area contributed by atoms with Crippen LogP contribution in [0.3, 0.4) is 0 Å². The minimum absolute atomic E-state index is 0.126. The van der Waals surface area contributed by atoms with Gasteiger partial charge in [-0.05, 0) is 56.2 Å². The lowest BCUT2D eigenvalue weighted by atomic mass is 10.1. The molecule has 1 aromatic rings. The molecule has 0 radical (unpaired) electrons. The molecule has 1 aromatic carbocycles. The van der Waals surface area contributed by atoms with Crippen LogP contribution in [0.2, 0.25) is 0 Å². The molecule has 2 heterocycles. The Morgan fingerprint density at radius 3 is 2.61 bits per heavy atom. The van der Waals surface area contributed by atoms with Gasteiger partial charge in [-0.1, -0.05) is 12.1 Å². The molecule has 0 saturated carbocycles. The van der Waals surface area contributed by atoms with Gasteiger partial charge in [-0.15, -0.1) is 0 Å². The molecule has 0 aliphatic carbocycles.